The molecule has 1 N–H and O–H groups in total. The first-order valence-electron chi connectivity index (χ1n) is 7.21. The largest absolute Gasteiger partial charge is 0.352 e. The Bertz CT molecular complexity index is 824. The summed E-state index contributed by atoms with van der Waals surface area (Å²) in [6.07, 6.45) is 3.85. The van der Waals surface area contributed by atoms with E-state index in [0.717, 1.165) is 28.1 Å². The number of aromatic nitrogens is 1. The number of hydrogen-bond donors (Lipinski definition) is 1. The van der Waals surface area contributed by atoms with Crippen LogP contribution in [0.15, 0.2) is 47.6 Å². The molecule has 0 saturated heterocycles. The van der Waals surface area contributed by atoms with E-state index in [1.807, 2.05) is 12.1 Å². The van der Waals surface area contributed by atoms with Crippen LogP contribution in [-0.2, 0) is 16.4 Å². The number of nitrogens with zero attached hydrogens (tertiary/aromatic N) is 2. The van der Waals surface area contributed by atoms with Gasteiger partial charge in [-0.25, -0.2) is 17.1 Å². The quantitative estimate of drug-likeness (QED) is 0.854. The third kappa shape index (κ3) is 4.15. The van der Waals surface area contributed by atoms with E-state index in [1.54, 1.807) is 12.4 Å². The second kappa shape index (κ2) is 7.50. The molecular formula is C16H18FN3O3S. The van der Waals surface area contributed by atoms with Gasteiger partial charge in [0.05, 0.1) is 10.5 Å². The number of carbonyl (C=O) groups excluding carboxylic acids is 1. The molecule has 0 fully saturated rings. The first-order valence-corrected chi connectivity index (χ1v) is 8.65. The van der Waals surface area contributed by atoms with E-state index in [0.29, 0.717) is 13.0 Å². The van der Waals surface area contributed by atoms with Crippen LogP contribution in [0.4, 0.5) is 4.39 Å². The molecule has 0 aliphatic heterocycles. The van der Waals surface area contributed by atoms with Gasteiger partial charge in [0.1, 0.15) is 5.82 Å². The van der Waals surface area contributed by atoms with Gasteiger partial charge in [-0.05, 0) is 42.3 Å². The average Bonchev–Trinajstić information content (AvgIpc) is 2.55. The molecule has 1 heterocycles. The Morgan fingerprint density at radius 2 is 1.88 bits per heavy atom. The number of pyridine rings is 1. The summed E-state index contributed by atoms with van der Waals surface area (Å²) in [4.78, 5) is 15.9. The van der Waals surface area contributed by atoms with Crippen molar-refractivity contribution in [3.63, 3.8) is 0 Å². The number of sulfonamides is 1. The Labute approximate surface area is 140 Å². The van der Waals surface area contributed by atoms with Gasteiger partial charge >= 0.3 is 0 Å². The normalized spacial score (nSPS) is 11.5. The highest BCUT2D eigenvalue weighted by Gasteiger charge is 2.21. The minimum absolute atomic E-state index is 0.131. The molecule has 0 unspecified atom stereocenters. The molecule has 0 bridgehead atoms. The third-order valence-electron chi connectivity index (χ3n) is 3.41. The molecule has 1 amide bonds. The van der Waals surface area contributed by atoms with Crippen molar-refractivity contribution >= 4 is 15.9 Å². The molecule has 0 spiro atoms. The molecule has 0 atom stereocenters. The van der Waals surface area contributed by atoms with Crippen LogP contribution in [0.1, 0.15) is 15.9 Å². The predicted octanol–water partition coefficient (Wildman–Crippen LogP) is 1.44. The van der Waals surface area contributed by atoms with Gasteiger partial charge in [0.2, 0.25) is 10.0 Å². The Morgan fingerprint density at radius 1 is 1.21 bits per heavy atom. The fourth-order valence-electron chi connectivity index (χ4n) is 2.01. The van der Waals surface area contributed by atoms with Gasteiger partial charge in [-0.15, -0.1) is 0 Å². The highest BCUT2D eigenvalue weighted by Crippen LogP contribution is 2.17. The van der Waals surface area contributed by atoms with Crippen molar-refractivity contribution in [1.29, 1.82) is 0 Å². The molecule has 1 aromatic carbocycles. The average molecular weight is 351 g/mol. The van der Waals surface area contributed by atoms with Crippen molar-refractivity contribution in [3.8, 4) is 0 Å². The van der Waals surface area contributed by atoms with Crippen LogP contribution in [0.2, 0.25) is 0 Å². The summed E-state index contributed by atoms with van der Waals surface area (Å²) in [6.45, 7) is 0.299. The maximum Gasteiger partial charge on any atom is 0.254 e. The second-order valence-corrected chi connectivity index (χ2v) is 7.44. The molecule has 0 saturated carbocycles. The van der Waals surface area contributed by atoms with Crippen molar-refractivity contribution in [1.82, 2.24) is 14.6 Å². The van der Waals surface area contributed by atoms with Crippen LogP contribution in [0.25, 0.3) is 0 Å². The van der Waals surface area contributed by atoms with Crippen LogP contribution in [0.3, 0.4) is 0 Å². The number of hydrogen-bond acceptors (Lipinski definition) is 4. The van der Waals surface area contributed by atoms with E-state index in [2.05, 4.69) is 10.3 Å². The van der Waals surface area contributed by atoms with E-state index in [9.17, 15) is 17.6 Å². The molecule has 1 aromatic heterocycles. The fraction of sp³-hybridized carbons (Fsp3) is 0.250. The predicted molar refractivity (Wildman–Crippen MR) is 87.5 cm³/mol. The molecule has 0 aliphatic carbocycles. The highest BCUT2D eigenvalue weighted by atomic mass is 32.2. The molecule has 128 valence electrons. The summed E-state index contributed by atoms with van der Waals surface area (Å²) in [5.41, 5.74) is 0.683. The van der Waals surface area contributed by atoms with E-state index in [1.165, 1.54) is 14.1 Å². The Kier molecular flexibility index (Phi) is 5.63. The topological polar surface area (TPSA) is 79.4 Å². The molecular weight excluding hydrogens is 333 g/mol. The molecule has 0 aliphatic rings. The van der Waals surface area contributed by atoms with E-state index < -0.39 is 21.7 Å². The van der Waals surface area contributed by atoms with Crippen molar-refractivity contribution < 1.29 is 17.6 Å². The van der Waals surface area contributed by atoms with Crippen molar-refractivity contribution in [3.05, 3.63) is 59.7 Å². The maximum absolute atomic E-state index is 13.9. The molecule has 6 nitrogen and oxygen atoms in total. The fourth-order valence-corrected chi connectivity index (χ4v) is 2.94. The molecule has 0 radical (unpaired) electrons. The van der Waals surface area contributed by atoms with Gasteiger partial charge in [0, 0.05) is 33.0 Å². The number of rotatable bonds is 6. The monoisotopic (exact) mass is 351 g/mol. The first kappa shape index (κ1) is 18.0. The van der Waals surface area contributed by atoms with E-state index >= 15 is 0 Å². The van der Waals surface area contributed by atoms with Crippen molar-refractivity contribution in [2.45, 2.75) is 11.3 Å². The SMILES string of the molecule is CN(C)S(=O)(=O)c1ccc(F)c(C(=O)NCCc2ccncc2)c1. The summed E-state index contributed by atoms with van der Waals surface area (Å²) in [5, 5.41) is 2.59. The second-order valence-electron chi connectivity index (χ2n) is 5.29. The lowest BCUT2D eigenvalue weighted by atomic mass is 10.1. The summed E-state index contributed by atoms with van der Waals surface area (Å²) < 4.78 is 39.1. The molecule has 2 rings (SSSR count). The number of carbonyl (C=O) groups is 1. The lowest BCUT2D eigenvalue weighted by molar-refractivity contribution is 0.0950. The minimum Gasteiger partial charge on any atom is -0.352 e. The number of nitrogens with one attached hydrogen (secondary N) is 1. The lowest BCUT2D eigenvalue weighted by Gasteiger charge is -2.13. The van der Waals surface area contributed by atoms with E-state index in [-0.39, 0.29) is 10.5 Å². The summed E-state index contributed by atoms with van der Waals surface area (Å²) in [6, 6.07) is 6.80. The van der Waals surface area contributed by atoms with Crippen LogP contribution < -0.4 is 5.32 Å². The van der Waals surface area contributed by atoms with Gasteiger partial charge < -0.3 is 5.32 Å². The van der Waals surface area contributed by atoms with Crippen LogP contribution in [0, 0.1) is 5.82 Å². The van der Waals surface area contributed by atoms with Gasteiger partial charge in [-0.1, -0.05) is 0 Å². The number of benzene rings is 1. The maximum atomic E-state index is 13.9. The van der Waals surface area contributed by atoms with E-state index in [4.69, 9.17) is 0 Å². The molecule has 24 heavy (non-hydrogen) atoms. The zero-order valence-electron chi connectivity index (χ0n) is 13.4. The Balaban J connectivity index is 2.11. The van der Waals surface area contributed by atoms with Gasteiger partial charge in [-0.2, -0.15) is 0 Å². The Hall–Kier alpha value is -2.32. The summed E-state index contributed by atoms with van der Waals surface area (Å²) >= 11 is 0. The summed E-state index contributed by atoms with van der Waals surface area (Å²) in [5.74, 6) is -1.42. The van der Waals surface area contributed by atoms with Crippen LogP contribution in [-0.4, -0.2) is 44.3 Å². The van der Waals surface area contributed by atoms with Crippen LogP contribution in [0.5, 0.6) is 0 Å². The lowest BCUT2D eigenvalue weighted by Crippen LogP contribution is -2.27. The summed E-state index contributed by atoms with van der Waals surface area (Å²) in [7, 11) is -0.997. The molecule has 8 heteroatoms. The van der Waals surface area contributed by atoms with Crippen molar-refractivity contribution in [2.75, 3.05) is 20.6 Å². The number of amides is 1. The number of halogens is 1. The van der Waals surface area contributed by atoms with Crippen molar-refractivity contribution in [2.24, 2.45) is 0 Å². The smallest absolute Gasteiger partial charge is 0.254 e. The van der Waals surface area contributed by atoms with Gasteiger partial charge in [-0.3, -0.25) is 9.78 Å². The van der Waals surface area contributed by atoms with Gasteiger partial charge in [0.15, 0.2) is 0 Å². The zero-order chi connectivity index (χ0) is 17.7. The standard InChI is InChI=1S/C16H18FN3O3S/c1-20(2)24(22,23)13-3-4-15(17)14(11-13)16(21)19-10-7-12-5-8-18-9-6-12/h3-6,8-9,11H,7,10H2,1-2H3,(H,19,21). The third-order valence-corrected chi connectivity index (χ3v) is 5.22. The van der Waals surface area contributed by atoms with Gasteiger partial charge in [0.25, 0.3) is 5.91 Å². The Morgan fingerprint density at radius 3 is 2.50 bits per heavy atom. The molecule has 2 aromatic rings. The zero-order valence-corrected chi connectivity index (χ0v) is 14.2. The first-order chi connectivity index (χ1) is 11.3. The highest BCUT2D eigenvalue weighted by molar-refractivity contribution is 7.89. The minimum atomic E-state index is -3.73. The van der Waals surface area contributed by atoms with Crippen LogP contribution >= 0.6 is 0 Å².